The smallest absolute Gasteiger partial charge is 0.280 e. The fourth-order valence-corrected chi connectivity index (χ4v) is 2.28. The van der Waals surface area contributed by atoms with Gasteiger partial charge in [0.1, 0.15) is 18.3 Å². The number of aliphatic hydroxyl groups excluding tert-OH is 2. The Kier molecular flexibility index (Phi) is 2.94. The van der Waals surface area contributed by atoms with E-state index in [-0.39, 0.29) is 23.7 Å². The zero-order valence-corrected chi connectivity index (χ0v) is 10.3. The molecule has 10 heteroatoms. The fourth-order valence-electron chi connectivity index (χ4n) is 2.28. The summed E-state index contributed by atoms with van der Waals surface area (Å²) in [4.78, 5) is 21.9. The second-order valence-corrected chi connectivity index (χ2v) is 4.56. The molecular formula is C10H14N6O4. The molecule has 0 aliphatic carbocycles. The predicted molar refractivity (Wildman–Crippen MR) is 67.5 cm³/mol. The molecule has 10 nitrogen and oxygen atoms in total. The van der Waals surface area contributed by atoms with Gasteiger partial charge in [-0.25, -0.2) is 4.98 Å². The van der Waals surface area contributed by atoms with Crippen LogP contribution in [-0.4, -0.2) is 54.6 Å². The highest BCUT2D eigenvalue weighted by Crippen LogP contribution is 2.30. The van der Waals surface area contributed by atoms with Crippen LogP contribution in [0.4, 0.5) is 5.95 Å². The van der Waals surface area contributed by atoms with Gasteiger partial charge in [0, 0.05) is 6.54 Å². The maximum Gasteiger partial charge on any atom is 0.280 e. The Bertz CT molecular complexity index is 697. The van der Waals surface area contributed by atoms with E-state index in [9.17, 15) is 15.0 Å². The van der Waals surface area contributed by atoms with E-state index in [0.29, 0.717) is 0 Å². The largest absolute Gasteiger partial charge is 0.387 e. The number of H-pyrrole nitrogens is 1. The summed E-state index contributed by atoms with van der Waals surface area (Å²) in [7, 11) is 0. The lowest BCUT2D eigenvalue weighted by Crippen LogP contribution is -2.35. The van der Waals surface area contributed by atoms with Crippen LogP contribution in [0.25, 0.3) is 11.2 Å². The van der Waals surface area contributed by atoms with Gasteiger partial charge >= 0.3 is 0 Å². The molecule has 0 amide bonds. The molecular weight excluding hydrogens is 268 g/mol. The van der Waals surface area contributed by atoms with Gasteiger partial charge in [-0.1, -0.05) is 0 Å². The molecule has 0 saturated carbocycles. The summed E-state index contributed by atoms with van der Waals surface area (Å²) >= 11 is 0. The van der Waals surface area contributed by atoms with Crippen molar-refractivity contribution in [3.05, 3.63) is 16.7 Å². The van der Waals surface area contributed by atoms with E-state index in [2.05, 4.69) is 15.0 Å². The van der Waals surface area contributed by atoms with Crippen LogP contribution >= 0.6 is 0 Å². The maximum absolute atomic E-state index is 11.7. The van der Waals surface area contributed by atoms with Crippen LogP contribution in [-0.2, 0) is 4.74 Å². The van der Waals surface area contributed by atoms with Crippen LogP contribution in [0, 0.1) is 0 Å². The lowest BCUT2D eigenvalue weighted by molar-refractivity contribution is -0.0321. The number of ether oxygens (including phenoxy) is 1. The van der Waals surface area contributed by atoms with Crippen molar-refractivity contribution in [3.8, 4) is 0 Å². The number of aromatic amines is 1. The first-order valence-corrected chi connectivity index (χ1v) is 5.97. The molecule has 0 unspecified atom stereocenters. The summed E-state index contributed by atoms with van der Waals surface area (Å²) in [5.41, 5.74) is 10.7. The number of fused-ring (bicyclic) bond motifs is 1. The van der Waals surface area contributed by atoms with Gasteiger partial charge in [0.2, 0.25) is 5.95 Å². The number of nitrogens with zero attached hydrogens (tertiary/aromatic N) is 3. The highest BCUT2D eigenvalue weighted by atomic mass is 16.6. The second-order valence-electron chi connectivity index (χ2n) is 4.56. The van der Waals surface area contributed by atoms with E-state index in [1.807, 2.05) is 0 Å². The van der Waals surface area contributed by atoms with Crippen molar-refractivity contribution in [1.29, 1.82) is 0 Å². The molecule has 1 aliphatic rings. The standard InChI is InChI=1S/C10H14N6O4/c11-1-3-5(17)6(18)9(20-3)16-2-13-4-7(16)14-10(12)15-8(4)19/h2-3,5-6,9,17-18H,1,11H2,(H3,12,14,15,19)/t3-,5+,6-,9+/m0/s1. The summed E-state index contributed by atoms with van der Waals surface area (Å²) in [5.74, 6) is -0.0762. The van der Waals surface area contributed by atoms with Crippen LogP contribution in [0.5, 0.6) is 0 Å². The van der Waals surface area contributed by atoms with Crippen molar-refractivity contribution in [2.24, 2.45) is 5.73 Å². The zero-order valence-electron chi connectivity index (χ0n) is 10.3. The fraction of sp³-hybridized carbons (Fsp3) is 0.500. The van der Waals surface area contributed by atoms with Gasteiger partial charge < -0.3 is 26.4 Å². The van der Waals surface area contributed by atoms with Gasteiger partial charge in [0.05, 0.1) is 6.33 Å². The second kappa shape index (κ2) is 4.52. The lowest BCUT2D eigenvalue weighted by atomic mass is 10.1. The van der Waals surface area contributed by atoms with Crippen molar-refractivity contribution in [3.63, 3.8) is 0 Å². The minimum Gasteiger partial charge on any atom is -0.387 e. The van der Waals surface area contributed by atoms with Crippen LogP contribution in [0.3, 0.4) is 0 Å². The Morgan fingerprint density at radius 1 is 1.45 bits per heavy atom. The average Bonchev–Trinajstić information content (AvgIpc) is 2.93. The summed E-state index contributed by atoms with van der Waals surface area (Å²) in [5, 5.41) is 19.8. The van der Waals surface area contributed by atoms with E-state index in [1.54, 1.807) is 0 Å². The number of nitrogens with one attached hydrogen (secondary N) is 1. The molecule has 2 aromatic rings. The minimum atomic E-state index is -1.21. The number of anilines is 1. The number of aromatic nitrogens is 4. The first-order valence-electron chi connectivity index (χ1n) is 5.97. The highest BCUT2D eigenvalue weighted by Gasteiger charge is 2.43. The first-order chi connectivity index (χ1) is 9.52. The Hall–Kier alpha value is -2.01. The van der Waals surface area contributed by atoms with E-state index in [1.165, 1.54) is 10.9 Å². The number of nitrogens with two attached hydrogens (primary N) is 2. The Morgan fingerprint density at radius 2 is 2.20 bits per heavy atom. The third kappa shape index (κ3) is 1.78. The molecule has 2 aromatic heterocycles. The summed E-state index contributed by atoms with van der Waals surface area (Å²) in [6.07, 6.45) is -2.67. The molecule has 1 fully saturated rings. The van der Waals surface area contributed by atoms with E-state index >= 15 is 0 Å². The highest BCUT2D eigenvalue weighted by molar-refractivity contribution is 5.70. The number of aliphatic hydroxyl groups is 2. The maximum atomic E-state index is 11.7. The normalized spacial score (nSPS) is 30.1. The van der Waals surface area contributed by atoms with Crippen LogP contribution < -0.4 is 17.0 Å². The summed E-state index contributed by atoms with van der Waals surface area (Å²) < 4.78 is 6.82. The molecule has 1 aliphatic heterocycles. The van der Waals surface area contributed by atoms with Gasteiger partial charge in [0.25, 0.3) is 5.56 Å². The Labute approximate surface area is 112 Å². The van der Waals surface area contributed by atoms with Crippen molar-refractivity contribution >= 4 is 17.1 Å². The van der Waals surface area contributed by atoms with Crippen LogP contribution in [0.2, 0.25) is 0 Å². The van der Waals surface area contributed by atoms with Gasteiger partial charge in [-0.3, -0.25) is 14.3 Å². The molecule has 0 bridgehead atoms. The molecule has 1 saturated heterocycles. The first kappa shape index (κ1) is 13.0. The summed E-state index contributed by atoms with van der Waals surface area (Å²) in [6, 6.07) is 0. The quantitative estimate of drug-likeness (QED) is 0.396. The van der Waals surface area contributed by atoms with Crippen molar-refractivity contribution in [2.45, 2.75) is 24.5 Å². The number of hydrogen-bond donors (Lipinski definition) is 5. The topological polar surface area (TPSA) is 165 Å². The predicted octanol–water partition coefficient (Wildman–Crippen LogP) is -2.72. The SMILES string of the molecule is NC[C@@H]1O[C@@H](n2cnc3c(=O)[nH]c(N)nc32)[C@@H](O)[C@@H]1O. The van der Waals surface area contributed by atoms with Crippen molar-refractivity contribution in [1.82, 2.24) is 19.5 Å². The van der Waals surface area contributed by atoms with E-state index < -0.39 is 30.1 Å². The number of hydrogen-bond acceptors (Lipinski definition) is 8. The molecule has 0 spiro atoms. The molecule has 3 heterocycles. The van der Waals surface area contributed by atoms with Gasteiger partial charge in [0.15, 0.2) is 17.4 Å². The average molecular weight is 282 g/mol. The molecule has 0 radical (unpaired) electrons. The number of imidazole rings is 1. The minimum absolute atomic E-state index is 0.0531. The molecule has 4 atom stereocenters. The lowest BCUT2D eigenvalue weighted by Gasteiger charge is -2.16. The molecule has 7 N–H and O–H groups in total. The third-order valence-electron chi connectivity index (χ3n) is 3.29. The van der Waals surface area contributed by atoms with Crippen molar-refractivity contribution < 1.29 is 14.9 Å². The Morgan fingerprint density at radius 3 is 2.85 bits per heavy atom. The van der Waals surface area contributed by atoms with E-state index in [0.717, 1.165) is 0 Å². The van der Waals surface area contributed by atoms with Gasteiger partial charge in [-0.2, -0.15) is 4.98 Å². The molecule has 3 rings (SSSR count). The number of nitrogen functional groups attached to an aromatic ring is 1. The molecule has 0 aromatic carbocycles. The van der Waals surface area contributed by atoms with Crippen LogP contribution in [0.15, 0.2) is 11.1 Å². The Balaban J connectivity index is 2.09. The van der Waals surface area contributed by atoms with Gasteiger partial charge in [-0.05, 0) is 0 Å². The number of rotatable bonds is 2. The van der Waals surface area contributed by atoms with Crippen LogP contribution in [0.1, 0.15) is 6.23 Å². The third-order valence-corrected chi connectivity index (χ3v) is 3.29. The van der Waals surface area contributed by atoms with Crippen molar-refractivity contribution in [2.75, 3.05) is 12.3 Å². The zero-order chi connectivity index (χ0) is 14.4. The summed E-state index contributed by atoms with van der Waals surface area (Å²) in [6.45, 7) is 0.0531. The molecule has 108 valence electrons. The van der Waals surface area contributed by atoms with Gasteiger partial charge in [-0.15, -0.1) is 0 Å². The monoisotopic (exact) mass is 282 g/mol. The van der Waals surface area contributed by atoms with E-state index in [4.69, 9.17) is 16.2 Å². The molecule has 20 heavy (non-hydrogen) atoms.